The Morgan fingerprint density at radius 2 is 1.47 bits per heavy atom. The maximum Gasteiger partial charge on any atom is 0.119 e. The Morgan fingerprint density at radius 3 is 2.21 bits per heavy atom. The predicted octanol–water partition coefficient (Wildman–Crippen LogP) is 5.38. The quantitative estimate of drug-likeness (QED) is 0.425. The predicted molar refractivity (Wildman–Crippen MR) is 138 cm³/mol. The Hall–Kier alpha value is -3.18. The van der Waals surface area contributed by atoms with Gasteiger partial charge < -0.3 is 19.8 Å². The van der Waals surface area contributed by atoms with E-state index in [9.17, 15) is 10.2 Å². The molecule has 5 heteroatoms. The third kappa shape index (κ3) is 6.91. The summed E-state index contributed by atoms with van der Waals surface area (Å²) in [7, 11) is 2.06. The van der Waals surface area contributed by atoms with E-state index < -0.39 is 0 Å². The molecule has 180 valence electrons. The molecule has 5 nitrogen and oxygen atoms in total. The largest absolute Gasteiger partial charge is 0.508 e. The number of anilines is 1. The Morgan fingerprint density at radius 1 is 0.794 bits per heavy atom. The average Bonchev–Trinajstić information content (AvgIpc) is 2.86. The molecular formula is C29H36N2O3. The van der Waals surface area contributed by atoms with Gasteiger partial charge in [0.2, 0.25) is 0 Å². The molecule has 0 saturated carbocycles. The van der Waals surface area contributed by atoms with Gasteiger partial charge in [0.15, 0.2) is 0 Å². The summed E-state index contributed by atoms with van der Waals surface area (Å²) in [4.78, 5) is 4.67. The second-order valence-electron chi connectivity index (χ2n) is 9.23. The summed E-state index contributed by atoms with van der Waals surface area (Å²) in [6, 6.07) is 21.3. The van der Waals surface area contributed by atoms with E-state index in [4.69, 9.17) is 4.74 Å². The zero-order valence-corrected chi connectivity index (χ0v) is 20.1. The molecule has 0 amide bonds. The third-order valence-electron chi connectivity index (χ3n) is 6.57. The van der Waals surface area contributed by atoms with E-state index in [0.717, 1.165) is 44.0 Å². The number of aromatic hydroxyl groups is 2. The fourth-order valence-corrected chi connectivity index (χ4v) is 4.59. The topological polar surface area (TPSA) is 56.2 Å². The summed E-state index contributed by atoms with van der Waals surface area (Å²) >= 11 is 0. The van der Waals surface area contributed by atoms with Crippen LogP contribution in [0.3, 0.4) is 0 Å². The van der Waals surface area contributed by atoms with Gasteiger partial charge in [-0.05, 0) is 85.8 Å². The second-order valence-corrected chi connectivity index (χ2v) is 9.23. The molecule has 0 atom stereocenters. The number of benzene rings is 3. The lowest BCUT2D eigenvalue weighted by Gasteiger charge is -2.26. The molecule has 0 spiro atoms. The first-order valence-corrected chi connectivity index (χ1v) is 12.3. The van der Waals surface area contributed by atoms with Gasteiger partial charge in [0.05, 0.1) is 0 Å². The average molecular weight is 461 g/mol. The van der Waals surface area contributed by atoms with Crippen LogP contribution in [0.2, 0.25) is 0 Å². The molecule has 1 aliphatic rings. The normalized spacial score (nSPS) is 14.1. The van der Waals surface area contributed by atoms with Gasteiger partial charge in [0, 0.05) is 31.9 Å². The number of hydrogen-bond acceptors (Lipinski definition) is 5. The van der Waals surface area contributed by atoms with Gasteiger partial charge in [-0.2, -0.15) is 0 Å². The van der Waals surface area contributed by atoms with Crippen LogP contribution >= 0.6 is 0 Å². The van der Waals surface area contributed by atoms with Crippen molar-refractivity contribution in [2.45, 2.75) is 38.6 Å². The van der Waals surface area contributed by atoms with Crippen LogP contribution in [-0.2, 0) is 19.4 Å². The summed E-state index contributed by atoms with van der Waals surface area (Å²) in [5.74, 6) is 1.47. The molecule has 0 unspecified atom stereocenters. The Kier molecular flexibility index (Phi) is 8.31. The number of phenolic OH excluding ortho intramolecular Hbond substituents is 2. The zero-order chi connectivity index (χ0) is 23.8. The molecule has 0 radical (unpaired) electrons. The highest BCUT2D eigenvalue weighted by atomic mass is 16.5. The van der Waals surface area contributed by atoms with Crippen LogP contribution in [-0.4, -0.2) is 48.4 Å². The number of ether oxygens (including phenoxy) is 1. The van der Waals surface area contributed by atoms with E-state index in [0.29, 0.717) is 0 Å². The maximum atomic E-state index is 10.1. The monoisotopic (exact) mass is 460 g/mol. The highest BCUT2D eigenvalue weighted by molar-refractivity contribution is 5.57. The minimum atomic E-state index is 0.271. The number of nitrogens with zero attached hydrogens (tertiary/aromatic N) is 2. The van der Waals surface area contributed by atoms with E-state index in [1.165, 1.54) is 49.0 Å². The van der Waals surface area contributed by atoms with Crippen LogP contribution in [0.1, 0.15) is 36.0 Å². The summed E-state index contributed by atoms with van der Waals surface area (Å²) < 4.78 is 5.97. The number of hydrogen-bond donors (Lipinski definition) is 2. The van der Waals surface area contributed by atoms with E-state index in [-0.39, 0.29) is 11.5 Å². The van der Waals surface area contributed by atoms with Gasteiger partial charge in [-0.1, -0.05) is 36.8 Å². The molecule has 0 aliphatic carbocycles. The van der Waals surface area contributed by atoms with Gasteiger partial charge >= 0.3 is 0 Å². The van der Waals surface area contributed by atoms with E-state index in [1.54, 1.807) is 18.2 Å². The zero-order valence-electron chi connectivity index (χ0n) is 20.1. The summed E-state index contributed by atoms with van der Waals surface area (Å²) in [5, 5.41) is 19.6. The lowest BCUT2D eigenvalue weighted by atomic mass is 10.0. The molecular weight excluding hydrogens is 424 g/mol. The molecule has 3 aromatic carbocycles. The van der Waals surface area contributed by atoms with Crippen molar-refractivity contribution < 1.29 is 14.9 Å². The molecule has 0 bridgehead atoms. The minimum Gasteiger partial charge on any atom is -0.508 e. The van der Waals surface area contributed by atoms with Crippen LogP contribution in [0.15, 0.2) is 66.7 Å². The van der Waals surface area contributed by atoms with Crippen molar-refractivity contribution in [2.24, 2.45) is 0 Å². The van der Waals surface area contributed by atoms with Crippen LogP contribution < -0.4 is 9.64 Å². The molecule has 4 rings (SSSR count). The van der Waals surface area contributed by atoms with E-state index in [1.807, 2.05) is 36.4 Å². The number of aryl methyl sites for hydroxylation is 2. The fraction of sp³-hybridized carbons (Fsp3) is 0.379. The van der Waals surface area contributed by atoms with Crippen molar-refractivity contribution in [2.75, 3.05) is 38.2 Å². The first-order chi connectivity index (χ1) is 16.6. The van der Waals surface area contributed by atoms with Crippen molar-refractivity contribution >= 4 is 5.69 Å². The van der Waals surface area contributed by atoms with Crippen molar-refractivity contribution in [3.05, 3.63) is 83.4 Å². The number of rotatable bonds is 10. The smallest absolute Gasteiger partial charge is 0.119 e. The van der Waals surface area contributed by atoms with Gasteiger partial charge in [-0.25, -0.2) is 0 Å². The first kappa shape index (κ1) is 24.0. The standard InChI is InChI=1S/C29H36N2O3/c1-30(22-24-8-15-28(16-9-24)34-20-19-31-17-3-2-4-18-31)29-21-27(33)14-11-25(29)10-5-23-6-12-26(32)13-7-23/h6-9,11-16,21,32-33H,2-5,10,17-20,22H2,1H3. The number of phenols is 2. The molecule has 1 fully saturated rings. The highest BCUT2D eigenvalue weighted by Gasteiger charge is 2.11. The van der Waals surface area contributed by atoms with Crippen molar-refractivity contribution in [1.82, 2.24) is 4.90 Å². The molecule has 3 aromatic rings. The molecule has 1 saturated heterocycles. The minimum absolute atomic E-state index is 0.271. The molecule has 1 heterocycles. The van der Waals surface area contributed by atoms with Gasteiger partial charge in [-0.15, -0.1) is 0 Å². The van der Waals surface area contributed by atoms with Crippen LogP contribution in [0.25, 0.3) is 0 Å². The van der Waals surface area contributed by atoms with Crippen molar-refractivity contribution in [1.29, 1.82) is 0 Å². The summed E-state index contributed by atoms with van der Waals surface area (Å²) in [6.45, 7) is 4.85. The lowest BCUT2D eigenvalue weighted by molar-refractivity contribution is 0.183. The highest BCUT2D eigenvalue weighted by Crippen LogP contribution is 2.28. The van der Waals surface area contributed by atoms with E-state index in [2.05, 4.69) is 29.0 Å². The van der Waals surface area contributed by atoms with Crippen molar-refractivity contribution in [3.63, 3.8) is 0 Å². The van der Waals surface area contributed by atoms with Crippen LogP contribution in [0.4, 0.5) is 5.69 Å². The Labute approximate surface area is 203 Å². The Bertz CT molecular complexity index is 1030. The van der Waals surface area contributed by atoms with Gasteiger partial charge in [0.25, 0.3) is 0 Å². The summed E-state index contributed by atoms with van der Waals surface area (Å²) in [6.07, 6.45) is 5.69. The van der Waals surface area contributed by atoms with Gasteiger partial charge in [-0.3, -0.25) is 4.90 Å². The second kappa shape index (κ2) is 11.8. The third-order valence-corrected chi connectivity index (χ3v) is 6.57. The molecule has 1 aliphatic heterocycles. The number of piperidine rings is 1. The SMILES string of the molecule is CN(Cc1ccc(OCCN2CCCCC2)cc1)c1cc(O)ccc1CCc1ccc(O)cc1. The van der Waals surface area contributed by atoms with Gasteiger partial charge in [0.1, 0.15) is 23.9 Å². The molecule has 2 N–H and O–H groups in total. The lowest BCUT2D eigenvalue weighted by Crippen LogP contribution is -2.33. The number of likely N-dealkylation sites (tertiary alicyclic amines) is 1. The summed E-state index contributed by atoms with van der Waals surface area (Å²) in [5.41, 5.74) is 4.58. The fourth-order valence-electron chi connectivity index (χ4n) is 4.59. The van der Waals surface area contributed by atoms with Crippen molar-refractivity contribution in [3.8, 4) is 17.2 Å². The van der Waals surface area contributed by atoms with Crippen LogP contribution in [0, 0.1) is 0 Å². The first-order valence-electron chi connectivity index (χ1n) is 12.3. The molecule has 34 heavy (non-hydrogen) atoms. The van der Waals surface area contributed by atoms with Crippen LogP contribution in [0.5, 0.6) is 17.2 Å². The maximum absolute atomic E-state index is 10.1. The molecule has 0 aromatic heterocycles. The van der Waals surface area contributed by atoms with E-state index >= 15 is 0 Å². The Balaban J connectivity index is 1.32.